The van der Waals surface area contributed by atoms with Gasteiger partial charge in [0.1, 0.15) is 17.1 Å². The highest BCUT2D eigenvalue weighted by molar-refractivity contribution is 6.11. The molecule has 0 saturated heterocycles. The van der Waals surface area contributed by atoms with E-state index in [1.54, 1.807) is 4.52 Å². The highest BCUT2D eigenvalue weighted by atomic mass is 16.5. The van der Waals surface area contributed by atoms with Gasteiger partial charge in [0.05, 0.1) is 16.7 Å². The van der Waals surface area contributed by atoms with Gasteiger partial charge < -0.3 is 4.74 Å². The molecule has 0 fully saturated rings. The summed E-state index contributed by atoms with van der Waals surface area (Å²) in [5, 5.41) is 18.0. The average molecular weight is 583 g/mol. The van der Waals surface area contributed by atoms with Crippen molar-refractivity contribution in [2.75, 3.05) is 0 Å². The van der Waals surface area contributed by atoms with E-state index >= 15 is 0 Å². The SMILES string of the molecule is Cc1cccc(C)c1-c1cc(Oc2ccc3c4ccccc4c4nnnn4c3c2)cc(-n2c3ccccc3c3cccnc32)c1. The van der Waals surface area contributed by atoms with E-state index in [0.29, 0.717) is 11.4 Å². The minimum absolute atomic E-state index is 0.694. The van der Waals surface area contributed by atoms with Gasteiger partial charge in [-0.2, -0.15) is 4.52 Å². The van der Waals surface area contributed by atoms with Gasteiger partial charge in [0.15, 0.2) is 5.65 Å². The number of pyridine rings is 2. The lowest BCUT2D eigenvalue weighted by atomic mass is 9.95. The van der Waals surface area contributed by atoms with Crippen molar-refractivity contribution >= 4 is 49.3 Å². The highest BCUT2D eigenvalue weighted by Gasteiger charge is 2.17. The first-order valence-electron chi connectivity index (χ1n) is 14.9. The normalized spacial score (nSPS) is 11.8. The third kappa shape index (κ3) is 3.91. The van der Waals surface area contributed by atoms with Crippen molar-refractivity contribution in [2.45, 2.75) is 13.8 Å². The van der Waals surface area contributed by atoms with Crippen LogP contribution in [-0.4, -0.2) is 29.6 Å². The van der Waals surface area contributed by atoms with E-state index in [1.165, 1.54) is 16.7 Å². The summed E-state index contributed by atoms with van der Waals surface area (Å²) in [4.78, 5) is 4.83. The van der Waals surface area contributed by atoms with Gasteiger partial charge in [0.2, 0.25) is 0 Å². The van der Waals surface area contributed by atoms with Gasteiger partial charge in [-0.1, -0.05) is 60.7 Å². The summed E-state index contributed by atoms with van der Waals surface area (Å²) in [7, 11) is 0. The van der Waals surface area contributed by atoms with Gasteiger partial charge in [0.25, 0.3) is 0 Å². The Morgan fingerprint density at radius 2 is 1.31 bits per heavy atom. The van der Waals surface area contributed by atoms with Crippen LogP contribution in [-0.2, 0) is 0 Å². The van der Waals surface area contributed by atoms with E-state index in [2.05, 4.69) is 119 Å². The second-order valence-corrected chi connectivity index (χ2v) is 11.5. The predicted octanol–water partition coefficient (Wildman–Crippen LogP) is 9.00. The van der Waals surface area contributed by atoms with Crippen molar-refractivity contribution in [1.29, 1.82) is 0 Å². The van der Waals surface area contributed by atoms with E-state index in [9.17, 15) is 0 Å². The van der Waals surface area contributed by atoms with Gasteiger partial charge in [-0.15, -0.1) is 5.10 Å². The average Bonchev–Trinajstić information content (AvgIpc) is 3.69. The van der Waals surface area contributed by atoms with Gasteiger partial charge in [0, 0.05) is 39.9 Å². The summed E-state index contributed by atoms with van der Waals surface area (Å²) < 4.78 is 10.7. The zero-order valence-electron chi connectivity index (χ0n) is 24.6. The first kappa shape index (κ1) is 25.4. The molecular weight excluding hydrogens is 556 g/mol. The van der Waals surface area contributed by atoms with Crippen molar-refractivity contribution in [1.82, 2.24) is 29.6 Å². The minimum atomic E-state index is 0.694. The maximum Gasteiger partial charge on any atom is 0.187 e. The molecule has 4 heterocycles. The van der Waals surface area contributed by atoms with Crippen LogP contribution in [0.15, 0.2) is 121 Å². The number of hydrogen-bond acceptors (Lipinski definition) is 5. The van der Waals surface area contributed by atoms with Crippen LogP contribution in [0.3, 0.4) is 0 Å². The van der Waals surface area contributed by atoms with Gasteiger partial charge in [-0.05, 0) is 94.4 Å². The van der Waals surface area contributed by atoms with Crippen LogP contribution in [0.1, 0.15) is 11.1 Å². The monoisotopic (exact) mass is 582 g/mol. The first-order valence-corrected chi connectivity index (χ1v) is 14.9. The third-order valence-corrected chi connectivity index (χ3v) is 8.71. The molecule has 0 atom stereocenters. The lowest BCUT2D eigenvalue weighted by molar-refractivity contribution is 0.483. The summed E-state index contributed by atoms with van der Waals surface area (Å²) in [5.41, 5.74) is 9.25. The lowest BCUT2D eigenvalue weighted by Crippen LogP contribution is -1.99. The van der Waals surface area contributed by atoms with Gasteiger partial charge in [-0.25, -0.2) is 4.98 Å². The third-order valence-electron chi connectivity index (χ3n) is 8.71. The Morgan fingerprint density at radius 1 is 0.578 bits per heavy atom. The molecular formula is C38H26N6O. The van der Waals surface area contributed by atoms with Crippen LogP contribution in [0.2, 0.25) is 0 Å². The number of benzene rings is 5. The van der Waals surface area contributed by atoms with Crippen LogP contribution in [0.4, 0.5) is 0 Å². The number of tetrazole rings is 1. The van der Waals surface area contributed by atoms with E-state index < -0.39 is 0 Å². The molecule has 0 saturated carbocycles. The number of aromatic nitrogens is 6. The maximum atomic E-state index is 6.71. The molecule has 0 N–H and O–H groups in total. The fourth-order valence-corrected chi connectivity index (χ4v) is 6.79. The van der Waals surface area contributed by atoms with E-state index in [4.69, 9.17) is 9.72 Å². The Labute approximate surface area is 257 Å². The predicted molar refractivity (Wildman–Crippen MR) is 179 cm³/mol. The minimum Gasteiger partial charge on any atom is -0.457 e. The number of para-hydroxylation sites is 1. The van der Waals surface area contributed by atoms with Gasteiger partial charge >= 0.3 is 0 Å². The fourth-order valence-electron chi connectivity index (χ4n) is 6.79. The molecule has 5 aromatic carbocycles. The second kappa shape index (κ2) is 9.72. The molecule has 214 valence electrons. The van der Waals surface area contributed by atoms with E-state index in [-0.39, 0.29) is 0 Å². The Bertz CT molecular complexity index is 2540. The molecule has 0 aliphatic rings. The van der Waals surface area contributed by atoms with Gasteiger partial charge in [-0.3, -0.25) is 4.57 Å². The molecule has 7 heteroatoms. The molecule has 0 aliphatic carbocycles. The van der Waals surface area contributed by atoms with Crippen molar-refractivity contribution in [3.05, 3.63) is 133 Å². The molecule has 9 aromatic rings. The summed E-state index contributed by atoms with van der Waals surface area (Å²) in [6.45, 7) is 4.31. The Hall–Kier alpha value is -6.08. The largest absolute Gasteiger partial charge is 0.457 e. The van der Waals surface area contributed by atoms with Crippen molar-refractivity contribution in [3.63, 3.8) is 0 Å². The quantitative estimate of drug-likeness (QED) is 0.194. The molecule has 9 rings (SSSR count). The molecule has 0 bridgehead atoms. The van der Waals surface area contributed by atoms with Crippen LogP contribution in [0.25, 0.3) is 66.1 Å². The maximum absolute atomic E-state index is 6.71. The molecule has 0 radical (unpaired) electrons. The van der Waals surface area contributed by atoms with Crippen LogP contribution in [0.5, 0.6) is 11.5 Å². The Morgan fingerprint density at radius 3 is 2.18 bits per heavy atom. The molecule has 0 amide bonds. The molecule has 0 spiro atoms. The molecule has 0 aliphatic heterocycles. The number of rotatable bonds is 4. The van der Waals surface area contributed by atoms with Crippen molar-refractivity contribution < 1.29 is 4.74 Å². The van der Waals surface area contributed by atoms with Crippen LogP contribution < -0.4 is 4.74 Å². The summed E-state index contributed by atoms with van der Waals surface area (Å²) in [6.07, 6.45) is 1.85. The molecule has 7 nitrogen and oxygen atoms in total. The lowest BCUT2D eigenvalue weighted by Gasteiger charge is -2.16. The Balaban J connectivity index is 1.27. The smallest absolute Gasteiger partial charge is 0.187 e. The summed E-state index contributed by atoms with van der Waals surface area (Å²) in [6, 6.07) is 39.7. The highest BCUT2D eigenvalue weighted by Crippen LogP contribution is 2.38. The first-order chi connectivity index (χ1) is 22.1. The second-order valence-electron chi connectivity index (χ2n) is 11.5. The summed E-state index contributed by atoms with van der Waals surface area (Å²) in [5.74, 6) is 1.42. The number of ether oxygens (including phenoxy) is 1. The Kier molecular flexibility index (Phi) is 5.49. The number of nitrogens with zero attached hydrogens (tertiary/aromatic N) is 6. The van der Waals surface area contributed by atoms with Crippen LogP contribution in [0, 0.1) is 13.8 Å². The zero-order valence-corrected chi connectivity index (χ0v) is 24.6. The van der Waals surface area contributed by atoms with Crippen LogP contribution >= 0.6 is 0 Å². The number of hydrogen-bond donors (Lipinski definition) is 0. The summed E-state index contributed by atoms with van der Waals surface area (Å²) >= 11 is 0. The molecule has 45 heavy (non-hydrogen) atoms. The molecule has 4 aromatic heterocycles. The van der Waals surface area contributed by atoms with E-state index in [0.717, 1.165) is 60.6 Å². The van der Waals surface area contributed by atoms with E-state index in [1.807, 2.05) is 36.5 Å². The standard InChI is InChI=1S/C38H26N6O/c1-23-9-7-10-24(2)36(23)25-19-26(43-34-15-6-5-12-30(34)33-14-8-18-39-37(33)43)21-28(20-25)45-27-16-17-31-29-11-3-4-13-32(29)38-40-41-42-44(38)35(31)22-27/h3-22H,1-2H3. The van der Waals surface area contributed by atoms with Crippen molar-refractivity contribution in [3.8, 4) is 28.3 Å². The number of aryl methyl sites for hydroxylation is 2. The fraction of sp³-hybridized carbons (Fsp3) is 0.0526. The number of fused-ring (bicyclic) bond motifs is 9. The topological polar surface area (TPSA) is 70.1 Å². The zero-order chi connectivity index (χ0) is 30.1. The molecule has 0 unspecified atom stereocenters. The van der Waals surface area contributed by atoms with Crippen molar-refractivity contribution in [2.24, 2.45) is 0 Å².